The van der Waals surface area contributed by atoms with Gasteiger partial charge in [-0.3, -0.25) is 0 Å². The molecule has 0 saturated heterocycles. The number of halogens is 1. The highest BCUT2D eigenvalue weighted by atomic mass is 79.9. The van der Waals surface area contributed by atoms with Gasteiger partial charge in [-0.25, -0.2) is 4.68 Å². The summed E-state index contributed by atoms with van der Waals surface area (Å²) in [5, 5.41) is 14.8. The van der Waals surface area contributed by atoms with Gasteiger partial charge in [0.1, 0.15) is 6.73 Å². The molecular formula is C14H21BrN2O2Si-. The van der Waals surface area contributed by atoms with Crippen molar-refractivity contribution in [2.24, 2.45) is 0 Å². The molecule has 2 aromatic rings. The Kier molecular flexibility index (Phi) is 5.01. The lowest BCUT2D eigenvalue weighted by molar-refractivity contribution is 0.0814. The van der Waals surface area contributed by atoms with E-state index in [1.165, 1.54) is 0 Å². The zero-order chi connectivity index (χ0) is 14.8. The second kappa shape index (κ2) is 6.38. The molecule has 111 valence electrons. The minimum absolute atomic E-state index is 0.00343. The van der Waals surface area contributed by atoms with Gasteiger partial charge in [0.2, 0.25) is 0 Å². The van der Waals surface area contributed by atoms with Gasteiger partial charge in [-0.15, -0.1) is 14.1 Å². The molecule has 6 heteroatoms. The largest absolute Gasteiger partial charge is 0.392 e. The van der Waals surface area contributed by atoms with E-state index in [0.717, 1.165) is 33.6 Å². The Labute approximate surface area is 128 Å². The van der Waals surface area contributed by atoms with Crippen LogP contribution in [0.3, 0.4) is 0 Å². The maximum absolute atomic E-state index is 9.48. The fraction of sp³-hybridized carbons (Fsp3) is 0.500. The van der Waals surface area contributed by atoms with Crippen LogP contribution < -0.4 is 0 Å². The van der Waals surface area contributed by atoms with Gasteiger partial charge in [0, 0.05) is 22.0 Å². The van der Waals surface area contributed by atoms with E-state index >= 15 is 0 Å². The number of ether oxygens (including phenoxy) is 1. The van der Waals surface area contributed by atoms with Gasteiger partial charge in [-0.1, -0.05) is 15.9 Å². The van der Waals surface area contributed by atoms with Gasteiger partial charge in [-0.05, 0) is 12.1 Å². The quantitative estimate of drug-likeness (QED) is 0.635. The maximum atomic E-state index is 9.48. The standard InChI is InChI=1S/C14H21BrN2O2Si/c1-20(2,3)5-4-19-10-17-14-11(8-16-17)6-13(15)7-12(14)9-18/h6-8,18H,4-5,9-10H2,1-3H3/q-1. The molecule has 0 aliphatic heterocycles. The molecule has 0 saturated carbocycles. The lowest BCUT2D eigenvalue weighted by atomic mass is 10.1. The van der Waals surface area contributed by atoms with Gasteiger partial charge >= 0.3 is 0 Å². The third-order valence-corrected chi connectivity index (χ3v) is 5.32. The summed E-state index contributed by atoms with van der Waals surface area (Å²) < 4.78 is 8.50. The Morgan fingerprint density at radius 2 is 2.10 bits per heavy atom. The van der Waals surface area contributed by atoms with Crippen LogP contribution in [0.5, 0.6) is 0 Å². The van der Waals surface area contributed by atoms with Gasteiger partial charge in [0.25, 0.3) is 0 Å². The first-order chi connectivity index (χ1) is 9.40. The van der Waals surface area contributed by atoms with E-state index in [2.05, 4.69) is 40.7 Å². The Morgan fingerprint density at radius 3 is 2.75 bits per heavy atom. The van der Waals surface area contributed by atoms with Crippen molar-refractivity contribution in [2.75, 3.05) is 6.61 Å². The molecule has 1 heterocycles. The van der Waals surface area contributed by atoms with Crippen LogP contribution in [0, 0.1) is 0 Å². The Hall–Kier alpha value is -0.693. The molecule has 1 aromatic carbocycles. The van der Waals surface area contributed by atoms with E-state index in [1.54, 1.807) is 6.20 Å². The van der Waals surface area contributed by atoms with E-state index in [1.807, 2.05) is 16.8 Å². The number of rotatable bonds is 6. The summed E-state index contributed by atoms with van der Waals surface area (Å²) in [7, 11) is -1.06. The molecule has 0 aliphatic carbocycles. The number of aromatic nitrogens is 2. The number of aliphatic hydroxyl groups is 1. The summed E-state index contributed by atoms with van der Waals surface area (Å²) in [5.74, 6) is 0. The van der Waals surface area contributed by atoms with Gasteiger partial charge in [0.05, 0.1) is 18.3 Å². The van der Waals surface area contributed by atoms with E-state index in [-0.39, 0.29) is 6.61 Å². The normalized spacial score (nSPS) is 12.2. The lowest BCUT2D eigenvalue weighted by Crippen LogP contribution is -2.22. The molecule has 0 atom stereocenters. The molecule has 0 amide bonds. The third-order valence-electron chi connectivity index (χ3n) is 3.16. The highest BCUT2D eigenvalue weighted by Crippen LogP contribution is 2.24. The number of hydrogen-bond acceptors (Lipinski definition) is 3. The predicted octanol–water partition coefficient (Wildman–Crippen LogP) is 3.60. The summed E-state index contributed by atoms with van der Waals surface area (Å²) in [6.45, 7) is 8.20. The Morgan fingerprint density at radius 1 is 1.35 bits per heavy atom. The predicted molar refractivity (Wildman–Crippen MR) is 87.5 cm³/mol. The smallest absolute Gasteiger partial charge is 0.139 e. The monoisotopic (exact) mass is 356 g/mol. The van der Waals surface area contributed by atoms with Crippen molar-refractivity contribution >= 4 is 34.9 Å². The van der Waals surface area contributed by atoms with Crippen LogP contribution in [0.25, 0.3) is 10.9 Å². The second-order valence-electron chi connectivity index (χ2n) is 6.15. The van der Waals surface area contributed by atoms with Crippen molar-refractivity contribution in [3.8, 4) is 0 Å². The van der Waals surface area contributed by atoms with Gasteiger partial charge < -0.3 is 9.84 Å². The van der Waals surface area contributed by atoms with Crippen LogP contribution in [0.15, 0.2) is 22.8 Å². The average Bonchev–Trinajstić information content (AvgIpc) is 2.75. The Bertz CT molecular complexity index is 593. The molecule has 0 radical (unpaired) electrons. The van der Waals surface area contributed by atoms with Crippen LogP contribution in [-0.4, -0.2) is 29.6 Å². The number of aliphatic hydroxyl groups excluding tert-OH is 1. The van der Waals surface area contributed by atoms with Crippen molar-refractivity contribution < 1.29 is 9.84 Å². The number of hydrogen-bond donors (Lipinski definition) is 1. The molecule has 4 nitrogen and oxygen atoms in total. The molecule has 0 fully saturated rings. The fourth-order valence-electron chi connectivity index (χ4n) is 2.03. The van der Waals surface area contributed by atoms with Crippen molar-refractivity contribution in [1.82, 2.24) is 9.78 Å². The van der Waals surface area contributed by atoms with Crippen LogP contribution in [0.2, 0.25) is 25.7 Å². The highest BCUT2D eigenvalue weighted by molar-refractivity contribution is 9.10. The first-order valence-electron chi connectivity index (χ1n) is 6.73. The number of nitrogens with zero attached hydrogens (tertiary/aromatic N) is 2. The molecule has 0 bridgehead atoms. The van der Waals surface area contributed by atoms with Crippen LogP contribution in [-0.2, 0) is 18.1 Å². The first-order valence-corrected chi connectivity index (χ1v) is 11.2. The average molecular weight is 357 g/mol. The highest BCUT2D eigenvalue weighted by Gasteiger charge is 2.09. The minimum atomic E-state index is -1.06. The summed E-state index contributed by atoms with van der Waals surface area (Å²) >= 11 is 3.44. The first kappa shape index (κ1) is 15.7. The van der Waals surface area contributed by atoms with E-state index in [0.29, 0.717) is 6.73 Å². The SMILES string of the molecule is C[Si-](C)(C)CCOCn1ncc2cc(Br)cc(CO)c21. The summed E-state index contributed by atoms with van der Waals surface area (Å²) in [6.07, 6.45) is 1.81. The van der Waals surface area contributed by atoms with E-state index in [4.69, 9.17) is 4.74 Å². The van der Waals surface area contributed by atoms with Crippen molar-refractivity contribution in [3.63, 3.8) is 0 Å². The molecule has 0 spiro atoms. The molecular weight excluding hydrogens is 336 g/mol. The molecule has 2 rings (SSSR count). The van der Waals surface area contributed by atoms with Crippen LogP contribution in [0.1, 0.15) is 5.56 Å². The zero-order valence-electron chi connectivity index (χ0n) is 12.2. The zero-order valence-corrected chi connectivity index (χ0v) is 14.8. The van der Waals surface area contributed by atoms with Crippen molar-refractivity contribution in [3.05, 3.63) is 28.4 Å². The molecule has 1 N–H and O–H groups in total. The van der Waals surface area contributed by atoms with Crippen LogP contribution >= 0.6 is 15.9 Å². The van der Waals surface area contributed by atoms with E-state index in [9.17, 15) is 5.11 Å². The third kappa shape index (κ3) is 3.91. The molecule has 1 aromatic heterocycles. The summed E-state index contributed by atoms with van der Waals surface area (Å²) in [4.78, 5) is 0. The van der Waals surface area contributed by atoms with E-state index < -0.39 is 8.07 Å². The van der Waals surface area contributed by atoms with Gasteiger partial charge in [0.15, 0.2) is 0 Å². The fourth-order valence-corrected chi connectivity index (χ4v) is 3.31. The molecule has 0 aliphatic rings. The topological polar surface area (TPSA) is 47.3 Å². The summed E-state index contributed by atoms with van der Waals surface area (Å²) in [6, 6.07) is 5.06. The lowest BCUT2D eigenvalue weighted by Gasteiger charge is -2.26. The van der Waals surface area contributed by atoms with Crippen molar-refractivity contribution in [2.45, 2.75) is 39.0 Å². The maximum Gasteiger partial charge on any atom is 0.139 e. The summed E-state index contributed by atoms with van der Waals surface area (Å²) in [5.41, 5.74) is 1.81. The van der Waals surface area contributed by atoms with Crippen LogP contribution in [0.4, 0.5) is 0 Å². The molecule has 0 unspecified atom stereocenters. The van der Waals surface area contributed by atoms with Gasteiger partial charge in [-0.2, -0.15) is 24.7 Å². The molecule has 20 heavy (non-hydrogen) atoms. The Balaban J connectivity index is 2.11. The van der Waals surface area contributed by atoms with Crippen molar-refractivity contribution in [1.29, 1.82) is 0 Å². The number of fused-ring (bicyclic) bond motifs is 1. The second-order valence-corrected chi connectivity index (χ2v) is 12.7. The minimum Gasteiger partial charge on any atom is -0.392 e. The number of benzene rings is 1.